The quantitative estimate of drug-likeness (QED) is 0.767. The van der Waals surface area contributed by atoms with Crippen LogP contribution in [0.1, 0.15) is 22.3 Å². The lowest BCUT2D eigenvalue weighted by molar-refractivity contribution is 0.239. The summed E-state index contributed by atoms with van der Waals surface area (Å²) in [5.74, 6) is 0.760. The van der Waals surface area contributed by atoms with Crippen LogP contribution < -0.4 is 15.4 Å². The van der Waals surface area contributed by atoms with Gasteiger partial charge in [0.25, 0.3) is 0 Å². The van der Waals surface area contributed by atoms with Crippen molar-refractivity contribution in [1.29, 1.82) is 0 Å². The van der Waals surface area contributed by atoms with E-state index in [1.807, 2.05) is 49.4 Å². The number of aliphatic hydroxyl groups excluding tert-OH is 1. The highest BCUT2D eigenvalue weighted by atomic mass is 16.5. The van der Waals surface area contributed by atoms with Crippen molar-refractivity contribution in [3.05, 3.63) is 64.7 Å². The van der Waals surface area contributed by atoms with Crippen LogP contribution in [0.3, 0.4) is 0 Å². The number of benzene rings is 2. The van der Waals surface area contributed by atoms with Crippen molar-refractivity contribution >= 4 is 6.03 Å². The molecule has 2 amide bonds. The van der Waals surface area contributed by atoms with Gasteiger partial charge in [0.15, 0.2) is 0 Å². The van der Waals surface area contributed by atoms with E-state index in [9.17, 15) is 9.90 Å². The molecular formula is C18H22N2O3. The molecule has 0 radical (unpaired) electrons. The zero-order chi connectivity index (χ0) is 16.7. The van der Waals surface area contributed by atoms with Gasteiger partial charge in [0.2, 0.25) is 0 Å². The molecule has 0 aliphatic carbocycles. The minimum absolute atomic E-state index is 0.0416. The lowest BCUT2D eigenvalue weighted by Crippen LogP contribution is -2.34. The molecule has 0 atom stereocenters. The van der Waals surface area contributed by atoms with Gasteiger partial charge in [0.05, 0.1) is 13.7 Å². The first-order valence-electron chi connectivity index (χ1n) is 7.47. The van der Waals surface area contributed by atoms with Crippen LogP contribution in [-0.2, 0) is 19.7 Å². The third-order valence-corrected chi connectivity index (χ3v) is 3.61. The van der Waals surface area contributed by atoms with Gasteiger partial charge in [0, 0.05) is 18.7 Å². The number of ether oxygens (including phenoxy) is 1. The summed E-state index contributed by atoms with van der Waals surface area (Å²) >= 11 is 0. The molecule has 5 nitrogen and oxygen atoms in total. The zero-order valence-corrected chi connectivity index (χ0v) is 13.4. The van der Waals surface area contributed by atoms with E-state index in [1.54, 1.807) is 7.11 Å². The highest BCUT2D eigenvalue weighted by Gasteiger charge is 2.07. The maximum Gasteiger partial charge on any atom is 0.315 e. The third kappa shape index (κ3) is 4.72. The molecule has 0 fully saturated rings. The summed E-state index contributed by atoms with van der Waals surface area (Å²) in [7, 11) is 1.62. The van der Waals surface area contributed by atoms with Gasteiger partial charge in [-0.1, -0.05) is 36.4 Å². The molecule has 0 bridgehead atoms. The number of nitrogens with one attached hydrogen (secondary N) is 2. The number of carbonyl (C=O) groups excluding carboxylic acids is 1. The number of aliphatic hydroxyl groups is 1. The molecular weight excluding hydrogens is 292 g/mol. The van der Waals surface area contributed by atoms with Gasteiger partial charge in [-0.05, 0) is 29.7 Å². The summed E-state index contributed by atoms with van der Waals surface area (Å²) in [5.41, 5.74) is 3.74. The highest BCUT2D eigenvalue weighted by molar-refractivity contribution is 5.74. The van der Waals surface area contributed by atoms with Crippen molar-refractivity contribution in [2.75, 3.05) is 7.11 Å². The van der Waals surface area contributed by atoms with E-state index in [0.29, 0.717) is 13.1 Å². The van der Waals surface area contributed by atoms with Crippen LogP contribution >= 0.6 is 0 Å². The Morgan fingerprint density at radius 3 is 2.35 bits per heavy atom. The second kappa shape index (κ2) is 8.19. The molecule has 0 aromatic heterocycles. The lowest BCUT2D eigenvalue weighted by Gasteiger charge is -2.12. The van der Waals surface area contributed by atoms with Crippen LogP contribution in [-0.4, -0.2) is 18.2 Å². The summed E-state index contributed by atoms with van der Waals surface area (Å²) in [4.78, 5) is 11.9. The number of amides is 2. The predicted octanol–water partition coefficient (Wildman–Crippen LogP) is 2.50. The molecule has 0 aliphatic rings. The molecule has 3 N–H and O–H groups in total. The van der Waals surface area contributed by atoms with E-state index in [-0.39, 0.29) is 12.6 Å². The van der Waals surface area contributed by atoms with E-state index in [2.05, 4.69) is 10.6 Å². The second-order valence-corrected chi connectivity index (χ2v) is 5.28. The first kappa shape index (κ1) is 16.8. The fourth-order valence-corrected chi connectivity index (χ4v) is 2.30. The third-order valence-electron chi connectivity index (χ3n) is 3.61. The van der Waals surface area contributed by atoms with Gasteiger partial charge >= 0.3 is 6.03 Å². The van der Waals surface area contributed by atoms with Crippen LogP contribution in [0.2, 0.25) is 0 Å². The number of urea groups is 1. The van der Waals surface area contributed by atoms with Gasteiger partial charge in [-0.15, -0.1) is 0 Å². The van der Waals surface area contributed by atoms with Crippen molar-refractivity contribution in [1.82, 2.24) is 10.6 Å². The highest BCUT2D eigenvalue weighted by Crippen LogP contribution is 2.19. The van der Waals surface area contributed by atoms with Gasteiger partial charge < -0.3 is 20.5 Å². The molecule has 2 aromatic rings. The Kier molecular flexibility index (Phi) is 6.00. The SMILES string of the molecule is COc1cc(C)ccc1CNC(=O)NCc1ccccc1CO. The number of methoxy groups -OCH3 is 1. The number of aryl methyl sites for hydroxylation is 1. The Morgan fingerprint density at radius 2 is 1.70 bits per heavy atom. The lowest BCUT2D eigenvalue weighted by atomic mass is 10.1. The number of rotatable bonds is 6. The van der Waals surface area contributed by atoms with Crippen LogP contribution in [0.25, 0.3) is 0 Å². The molecule has 5 heteroatoms. The summed E-state index contributed by atoms with van der Waals surface area (Å²) in [6, 6.07) is 13.1. The van der Waals surface area contributed by atoms with Crippen molar-refractivity contribution in [3.8, 4) is 5.75 Å². The first-order valence-corrected chi connectivity index (χ1v) is 7.47. The van der Waals surface area contributed by atoms with Gasteiger partial charge in [-0.25, -0.2) is 4.79 Å². The Hall–Kier alpha value is -2.53. The van der Waals surface area contributed by atoms with E-state index < -0.39 is 0 Å². The molecule has 0 unspecified atom stereocenters. The normalized spacial score (nSPS) is 10.2. The summed E-state index contributed by atoms with van der Waals surface area (Å²) in [6.45, 7) is 2.70. The monoisotopic (exact) mass is 314 g/mol. The molecule has 23 heavy (non-hydrogen) atoms. The van der Waals surface area contributed by atoms with E-state index >= 15 is 0 Å². The average molecular weight is 314 g/mol. The molecule has 0 spiro atoms. The van der Waals surface area contributed by atoms with Crippen LogP contribution in [0.4, 0.5) is 4.79 Å². The van der Waals surface area contributed by atoms with Gasteiger partial charge in [-0.3, -0.25) is 0 Å². The minimum Gasteiger partial charge on any atom is -0.496 e. The molecule has 2 rings (SSSR count). The van der Waals surface area contributed by atoms with Crippen LogP contribution in [0.15, 0.2) is 42.5 Å². The minimum atomic E-state index is -0.264. The molecule has 0 saturated heterocycles. The van der Waals surface area contributed by atoms with E-state index in [0.717, 1.165) is 28.0 Å². The van der Waals surface area contributed by atoms with Crippen molar-refractivity contribution in [2.24, 2.45) is 0 Å². The fraction of sp³-hybridized carbons (Fsp3) is 0.278. The van der Waals surface area contributed by atoms with E-state index in [1.165, 1.54) is 0 Å². The van der Waals surface area contributed by atoms with Crippen LogP contribution in [0.5, 0.6) is 5.75 Å². The number of hydrogen-bond donors (Lipinski definition) is 3. The van der Waals surface area contributed by atoms with Gasteiger partial charge in [-0.2, -0.15) is 0 Å². The summed E-state index contributed by atoms with van der Waals surface area (Å²) in [6.07, 6.45) is 0. The van der Waals surface area contributed by atoms with Gasteiger partial charge in [0.1, 0.15) is 5.75 Å². The first-order chi connectivity index (χ1) is 11.1. The molecule has 0 aliphatic heterocycles. The zero-order valence-electron chi connectivity index (χ0n) is 13.4. The van der Waals surface area contributed by atoms with Crippen molar-refractivity contribution in [2.45, 2.75) is 26.6 Å². The molecule has 2 aromatic carbocycles. The standard InChI is InChI=1S/C18H22N2O3/c1-13-7-8-15(17(9-13)23-2)11-20-18(22)19-10-14-5-3-4-6-16(14)12-21/h3-9,21H,10-12H2,1-2H3,(H2,19,20,22). The van der Waals surface area contributed by atoms with Crippen LogP contribution in [0, 0.1) is 6.92 Å². The summed E-state index contributed by atoms with van der Waals surface area (Å²) in [5, 5.41) is 14.9. The Bertz CT molecular complexity index is 671. The number of carbonyl (C=O) groups is 1. The maximum atomic E-state index is 11.9. The van der Waals surface area contributed by atoms with E-state index in [4.69, 9.17) is 4.74 Å². The molecule has 0 heterocycles. The Morgan fingerprint density at radius 1 is 1.04 bits per heavy atom. The Labute approximate surface area is 136 Å². The number of hydrogen-bond acceptors (Lipinski definition) is 3. The van der Waals surface area contributed by atoms with Crippen molar-refractivity contribution < 1.29 is 14.6 Å². The maximum absolute atomic E-state index is 11.9. The Balaban J connectivity index is 1.88. The molecule has 122 valence electrons. The topological polar surface area (TPSA) is 70.6 Å². The largest absolute Gasteiger partial charge is 0.496 e. The second-order valence-electron chi connectivity index (χ2n) is 5.28. The molecule has 0 saturated carbocycles. The predicted molar refractivity (Wildman–Crippen MR) is 89.2 cm³/mol. The average Bonchev–Trinajstić information content (AvgIpc) is 2.58. The van der Waals surface area contributed by atoms with Crippen molar-refractivity contribution in [3.63, 3.8) is 0 Å². The summed E-state index contributed by atoms with van der Waals surface area (Å²) < 4.78 is 5.32. The fourth-order valence-electron chi connectivity index (χ4n) is 2.30. The smallest absolute Gasteiger partial charge is 0.315 e.